The summed E-state index contributed by atoms with van der Waals surface area (Å²) < 4.78 is 28.8. The summed E-state index contributed by atoms with van der Waals surface area (Å²) in [5, 5.41) is 7.08. The molecule has 120 valence electrons. The quantitative estimate of drug-likeness (QED) is 0.724. The molecule has 1 aliphatic heterocycles. The van der Waals surface area contributed by atoms with E-state index in [1.165, 1.54) is 6.20 Å². The van der Waals surface area contributed by atoms with Gasteiger partial charge in [0.25, 0.3) is 0 Å². The van der Waals surface area contributed by atoms with Gasteiger partial charge < -0.3 is 10.2 Å². The minimum Gasteiger partial charge on any atom is -0.318 e. The predicted molar refractivity (Wildman–Crippen MR) is 81.6 cm³/mol. The lowest BCUT2D eigenvalue weighted by atomic mass is 9.99. The highest BCUT2D eigenvalue weighted by Gasteiger charge is 2.21. The SMILES string of the molecule is CNCCn1cc(S(=O)(=O)NCC2CCCN(C)C2)cn1. The Morgan fingerprint density at radius 2 is 2.29 bits per heavy atom. The molecule has 1 aliphatic rings. The highest BCUT2D eigenvalue weighted by Crippen LogP contribution is 2.15. The Bertz CT molecular complexity index is 543. The molecule has 8 heteroatoms. The molecule has 1 atom stereocenters. The maximum absolute atomic E-state index is 12.2. The number of hydrogen-bond acceptors (Lipinski definition) is 5. The predicted octanol–water partition coefficient (Wildman–Crippen LogP) is -0.277. The van der Waals surface area contributed by atoms with Crippen LogP contribution in [0, 0.1) is 5.92 Å². The second kappa shape index (κ2) is 7.35. The van der Waals surface area contributed by atoms with Gasteiger partial charge in [-0.05, 0) is 39.4 Å². The van der Waals surface area contributed by atoms with Crippen LogP contribution in [0.3, 0.4) is 0 Å². The van der Waals surface area contributed by atoms with Crippen molar-refractivity contribution in [2.24, 2.45) is 5.92 Å². The molecule has 0 aliphatic carbocycles. The van der Waals surface area contributed by atoms with Crippen LogP contribution in [0.2, 0.25) is 0 Å². The Hall–Kier alpha value is -0.960. The van der Waals surface area contributed by atoms with Crippen molar-refractivity contribution in [3.8, 4) is 0 Å². The van der Waals surface area contributed by atoms with Gasteiger partial charge in [-0.15, -0.1) is 0 Å². The largest absolute Gasteiger partial charge is 0.318 e. The second-order valence-electron chi connectivity index (χ2n) is 5.67. The number of piperidine rings is 1. The average Bonchev–Trinajstić information content (AvgIpc) is 2.93. The standard InChI is InChI=1S/C13H25N5O2S/c1-14-5-7-18-11-13(9-15-18)21(19,20)16-8-12-4-3-6-17(2)10-12/h9,11-12,14,16H,3-8,10H2,1-2H3. The van der Waals surface area contributed by atoms with Gasteiger partial charge >= 0.3 is 0 Å². The van der Waals surface area contributed by atoms with Crippen molar-refractivity contribution in [2.75, 3.05) is 40.3 Å². The maximum atomic E-state index is 12.2. The fourth-order valence-corrected chi connectivity index (χ4v) is 3.65. The molecule has 1 fully saturated rings. The molecule has 0 radical (unpaired) electrons. The molecule has 7 nitrogen and oxygen atoms in total. The zero-order valence-electron chi connectivity index (χ0n) is 12.7. The van der Waals surface area contributed by atoms with Crippen molar-refractivity contribution >= 4 is 10.0 Å². The van der Waals surface area contributed by atoms with Crippen molar-refractivity contribution in [1.29, 1.82) is 0 Å². The molecule has 1 saturated heterocycles. The molecule has 21 heavy (non-hydrogen) atoms. The highest BCUT2D eigenvalue weighted by molar-refractivity contribution is 7.89. The fraction of sp³-hybridized carbons (Fsp3) is 0.769. The van der Waals surface area contributed by atoms with Crippen molar-refractivity contribution in [3.05, 3.63) is 12.4 Å². The molecule has 2 rings (SSSR count). The lowest BCUT2D eigenvalue weighted by Gasteiger charge is -2.29. The molecule has 0 spiro atoms. The Labute approximate surface area is 126 Å². The molecule has 0 bridgehead atoms. The topological polar surface area (TPSA) is 79.3 Å². The zero-order valence-corrected chi connectivity index (χ0v) is 13.6. The Balaban J connectivity index is 1.90. The summed E-state index contributed by atoms with van der Waals surface area (Å²) in [5.74, 6) is 0.387. The van der Waals surface area contributed by atoms with E-state index < -0.39 is 10.0 Å². The summed E-state index contributed by atoms with van der Waals surface area (Å²) in [4.78, 5) is 2.49. The molecule has 0 saturated carbocycles. The van der Waals surface area contributed by atoms with Crippen LogP contribution in [0.4, 0.5) is 0 Å². The van der Waals surface area contributed by atoms with Crippen molar-refractivity contribution in [2.45, 2.75) is 24.3 Å². The number of rotatable bonds is 7. The maximum Gasteiger partial charge on any atom is 0.243 e. The zero-order chi connectivity index (χ0) is 15.3. The van der Waals surface area contributed by atoms with E-state index in [0.29, 0.717) is 19.0 Å². The van der Waals surface area contributed by atoms with E-state index in [9.17, 15) is 8.42 Å². The number of nitrogens with one attached hydrogen (secondary N) is 2. The van der Waals surface area contributed by atoms with Crippen LogP contribution in [0.5, 0.6) is 0 Å². The smallest absolute Gasteiger partial charge is 0.243 e. The van der Waals surface area contributed by atoms with Crippen LogP contribution in [0.1, 0.15) is 12.8 Å². The van der Waals surface area contributed by atoms with Gasteiger partial charge in [0, 0.05) is 25.8 Å². The lowest BCUT2D eigenvalue weighted by Crippen LogP contribution is -2.39. The second-order valence-corrected chi connectivity index (χ2v) is 7.43. The van der Waals surface area contributed by atoms with Gasteiger partial charge in [0.1, 0.15) is 4.90 Å². The summed E-state index contributed by atoms with van der Waals surface area (Å²) in [5.41, 5.74) is 0. The monoisotopic (exact) mass is 315 g/mol. The van der Waals surface area contributed by atoms with E-state index in [4.69, 9.17) is 0 Å². The van der Waals surface area contributed by atoms with Gasteiger partial charge in [-0.3, -0.25) is 4.68 Å². The van der Waals surface area contributed by atoms with E-state index in [2.05, 4.69) is 27.1 Å². The molecule has 0 amide bonds. The molecule has 1 unspecified atom stereocenters. The summed E-state index contributed by atoms with van der Waals surface area (Å²) >= 11 is 0. The Kier molecular flexibility index (Phi) is 5.74. The van der Waals surface area contributed by atoms with Crippen LogP contribution in [-0.4, -0.2) is 63.4 Å². The van der Waals surface area contributed by atoms with Gasteiger partial charge in [0.05, 0.1) is 12.7 Å². The van der Waals surface area contributed by atoms with Crippen LogP contribution >= 0.6 is 0 Å². The first-order chi connectivity index (χ1) is 10.0. The average molecular weight is 315 g/mol. The summed E-state index contributed by atoms with van der Waals surface area (Å²) in [6.45, 7) is 3.95. The van der Waals surface area contributed by atoms with E-state index in [1.54, 1.807) is 10.9 Å². The summed E-state index contributed by atoms with van der Waals surface area (Å²) in [7, 11) is 0.473. The number of nitrogens with zero attached hydrogens (tertiary/aromatic N) is 3. The van der Waals surface area contributed by atoms with Crippen molar-refractivity contribution in [3.63, 3.8) is 0 Å². The minimum absolute atomic E-state index is 0.239. The number of hydrogen-bond donors (Lipinski definition) is 2. The van der Waals surface area contributed by atoms with Crippen LogP contribution < -0.4 is 10.0 Å². The third-order valence-electron chi connectivity index (χ3n) is 3.79. The third kappa shape index (κ3) is 4.77. The third-order valence-corrected chi connectivity index (χ3v) is 5.17. The van der Waals surface area contributed by atoms with Gasteiger partial charge in [-0.1, -0.05) is 0 Å². The molecule has 2 heterocycles. The van der Waals surface area contributed by atoms with Crippen molar-refractivity contribution in [1.82, 2.24) is 24.7 Å². The van der Waals surface area contributed by atoms with E-state index in [0.717, 1.165) is 32.5 Å². The highest BCUT2D eigenvalue weighted by atomic mass is 32.2. The van der Waals surface area contributed by atoms with Gasteiger partial charge in [-0.2, -0.15) is 5.10 Å². The van der Waals surface area contributed by atoms with E-state index >= 15 is 0 Å². The summed E-state index contributed by atoms with van der Waals surface area (Å²) in [6.07, 6.45) is 5.19. The van der Waals surface area contributed by atoms with Gasteiger partial charge in [0.2, 0.25) is 10.0 Å². The summed E-state index contributed by atoms with van der Waals surface area (Å²) in [6, 6.07) is 0. The molecular weight excluding hydrogens is 290 g/mol. The minimum atomic E-state index is -3.45. The Morgan fingerprint density at radius 1 is 1.48 bits per heavy atom. The fourth-order valence-electron chi connectivity index (χ4n) is 2.58. The normalized spacial score (nSPS) is 20.8. The van der Waals surface area contributed by atoms with Crippen LogP contribution in [0.25, 0.3) is 0 Å². The van der Waals surface area contributed by atoms with E-state index in [-0.39, 0.29) is 4.90 Å². The first-order valence-corrected chi connectivity index (χ1v) is 8.85. The van der Waals surface area contributed by atoms with Gasteiger partial charge in [0.15, 0.2) is 0 Å². The number of likely N-dealkylation sites (tertiary alicyclic amines) is 1. The molecule has 0 aromatic carbocycles. The molecule has 1 aromatic heterocycles. The lowest BCUT2D eigenvalue weighted by molar-refractivity contribution is 0.211. The van der Waals surface area contributed by atoms with Gasteiger partial charge in [-0.25, -0.2) is 13.1 Å². The van der Waals surface area contributed by atoms with Crippen LogP contribution in [0.15, 0.2) is 17.3 Å². The van der Waals surface area contributed by atoms with Crippen LogP contribution in [-0.2, 0) is 16.6 Å². The van der Waals surface area contributed by atoms with E-state index in [1.807, 2.05) is 7.05 Å². The van der Waals surface area contributed by atoms with Crippen molar-refractivity contribution < 1.29 is 8.42 Å². The molecule has 2 N–H and O–H groups in total. The number of likely N-dealkylation sites (N-methyl/N-ethyl adjacent to an activating group) is 1. The first-order valence-electron chi connectivity index (χ1n) is 7.36. The molecule has 1 aromatic rings. The first kappa shape index (κ1) is 16.4. The number of sulfonamides is 1. The number of aromatic nitrogens is 2. The Morgan fingerprint density at radius 3 is 3.00 bits per heavy atom. The molecular formula is C13H25N5O2S.